The molecule has 0 bridgehead atoms. The van der Waals surface area contributed by atoms with Crippen molar-refractivity contribution in [3.63, 3.8) is 0 Å². The summed E-state index contributed by atoms with van der Waals surface area (Å²) in [5.74, 6) is -0.247. The average molecular weight is 395 g/mol. The Kier molecular flexibility index (Phi) is 6.06. The minimum absolute atomic E-state index is 0.0465. The monoisotopic (exact) mass is 394 g/mol. The number of nitrogens with one attached hydrogen (secondary N) is 1. The number of hydrogen-bond acceptors (Lipinski definition) is 5. The van der Waals surface area contributed by atoms with Crippen LogP contribution in [-0.2, 0) is 0 Å². The predicted molar refractivity (Wildman–Crippen MR) is 116 cm³/mol. The zero-order chi connectivity index (χ0) is 20.1. The molecule has 1 aromatic heterocycles. The van der Waals surface area contributed by atoms with E-state index in [9.17, 15) is 9.90 Å². The Morgan fingerprint density at radius 3 is 2.36 bits per heavy atom. The summed E-state index contributed by atoms with van der Waals surface area (Å²) in [5.41, 5.74) is 2.01. The number of aromatic hydroxyl groups is 1. The maximum absolute atomic E-state index is 12.3. The number of aliphatic imine (C=N–C) groups is 1. The van der Waals surface area contributed by atoms with Crippen molar-refractivity contribution in [2.24, 2.45) is 4.99 Å². The van der Waals surface area contributed by atoms with Crippen LogP contribution < -0.4 is 10.5 Å². The molecule has 0 saturated carbocycles. The van der Waals surface area contributed by atoms with Crippen LogP contribution in [0.25, 0.3) is 5.69 Å². The lowest BCUT2D eigenvalue weighted by atomic mass is 10.2. The summed E-state index contributed by atoms with van der Waals surface area (Å²) in [5, 5.41) is 10.6. The van der Waals surface area contributed by atoms with Crippen LogP contribution in [0.15, 0.2) is 64.4 Å². The maximum Gasteiger partial charge on any atom is 0.264 e. The number of anilines is 1. The SMILES string of the molecule is CCN(CC)c1ccc(N=Cc2c(O)n(-c3ccccc3)c(=S)[nH]c2=O)cc1. The molecule has 0 spiro atoms. The highest BCUT2D eigenvalue weighted by atomic mass is 32.1. The van der Waals surface area contributed by atoms with Crippen molar-refractivity contribution in [1.29, 1.82) is 0 Å². The third-order valence-corrected chi connectivity index (χ3v) is 4.74. The summed E-state index contributed by atoms with van der Waals surface area (Å²) in [6, 6.07) is 16.8. The molecule has 0 aliphatic carbocycles. The lowest BCUT2D eigenvalue weighted by molar-refractivity contribution is 0.432. The van der Waals surface area contributed by atoms with Crippen LogP contribution in [-0.4, -0.2) is 34.0 Å². The van der Waals surface area contributed by atoms with Crippen LogP contribution >= 0.6 is 12.2 Å². The minimum atomic E-state index is -0.488. The number of benzene rings is 2. The number of aromatic nitrogens is 2. The van der Waals surface area contributed by atoms with E-state index in [-0.39, 0.29) is 16.2 Å². The van der Waals surface area contributed by atoms with Crippen LogP contribution in [0.2, 0.25) is 0 Å². The molecule has 0 atom stereocenters. The molecule has 2 N–H and O–H groups in total. The van der Waals surface area contributed by atoms with Crippen molar-refractivity contribution in [2.45, 2.75) is 13.8 Å². The van der Waals surface area contributed by atoms with Gasteiger partial charge in [0.25, 0.3) is 5.56 Å². The van der Waals surface area contributed by atoms with Crippen molar-refractivity contribution in [2.75, 3.05) is 18.0 Å². The first-order valence-electron chi connectivity index (χ1n) is 9.08. The fraction of sp³-hybridized carbons (Fsp3) is 0.190. The Balaban J connectivity index is 1.96. The fourth-order valence-corrected chi connectivity index (χ4v) is 3.23. The number of hydrogen-bond donors (Lipinski definition) is 2. The molecule has 7 heteroatoms. The first-order chi connectivity index (χ1) is 13.5. The Labute approximate surface area is 168 Å². The van der Waals surface area contributed by atoms with Crippen LogP contribution in [0.1, 0.15) is 19.4 Å². The molecular weight excluding hydrogens is 372 g/mol. The van der Waals surface area contributed by atoms with Gasteiger partial charge in [0, 0.05) is 25.0 Å². The largest absolute Gasteiger partial charge is 0.494 e. The number of nitrogens with zero attached hydrogens (tertiary/aromatic N) is 3. The number of aromatic amines is 1. The summed E-state index contributed by atoms with van der Waals surface area (Å²) in [7, 11) is 0. The van der Waals surface area contributed by atoms with Crippen LogP contribution in [0.5, 0.6) is 5.88 Å². The van der Waals surface area contributed by atoms with Gasteiger partial charge in [-0.25, -0.2) is 0 Å². The summed E-state index contributed by atoms with van der Waals surface area (Å²) in [6.45, 7) is 6.06. The smallest absolute Gasteiger partial charge is 0.264 e. The minimum Gasteiger partial charge on any atom is -0.494 e. The van der Waals surface area contributed by atoms with Gasteiger partial charge in [-0.05, 0) is 62.5 Å². The molecule has 3 rings (SSSR count). The highest BCUT2D eigenvalue weighted by Gasteiger charge is 2.12. The third kappa shape index (κ3) is 4.04. The molecule has 2 aromatic carbocycles. The molecule has 0 fully saturated rings. The second-order valence-electron chi connectivity index (χ2n) is 6.11. The van der Waals surface area contributed by atoms with Gasteiger partial charge in [-0.15, -0.1) is 0 Å². The van der Waals surface area contributed by atoms with Gasteiger partial charge < -0.3 is 10.0 Å². The van der Waals surface area contributed by atoms with Gasteiger partial charge in [-0.1, -0.05) is 18.2 Å². The third-order valence-electron chi connectivity index (χ3n) is 4.46. The highest BCUT2D eigenvalue weighted by Crippen LogP contribution is 2.21. The average Bonchev–Trinajstić information content (AvgIpc) is 2.70. The summed E-state index contributed by atoms with van der Waals surface area (Å²) < 4.78 is 1.52. The zero-order valence-corrected chi connectivity index (χ0v) is 16.6. The molecule has 28 heavy (non-hydrogen) atoms. The molecule has 0 aliphatic rings. The molecule has 1 heterocycles. The van der Waals surface area contributed by atoms with E-state index in [0.29, 0.717) is 11.4 Å². The lowest BCUT2D eigenvalue weighted by Gasteiger charge is -2.20. The van der Waals surface area contributed by atoms with Crippen molar-refractivity contribution in [3.8, 4) is 11.6 Å². The van der Waals surface area contributed by atoms with Crippen molar-refractivity contribution < 1.29 is 5.11 Å². The summed E-state index contributed by atoms with van der Waals surface area (Å²) >= 11 is 5.21. The zero-order valence-electron chi connectivity index (χ0n) is 15.8. The van der Waals surface area contributed by atoms with Gasteiger partial charge in [0.05, 0.1) is 11.4 Å². The van der Waals surface area contributed by atoms with Crippen LogP contribution in [0.3, 0.4) is 0 Å². The predicted octanol–water partition coefficient (Wildman–Crippen LogP) is 4.20. The van der Waals surface area contributed by atoms with Gasteiger partial charge in [-0.3, -0.25) is 19.3 Å². The second kappa shape index (κ2) is 8.67. The van der Waals surface area contributed by atoms with E-state index in [1.165, 1.54) is 10.8 Å². The Morgan fingerprint density at radius 1 is 1.11 bits per heavy atom. The molecule has 3 aromatic rings. The fourth-order valence-electron chi connectivity index (χ4n) is 2.95. The van der Waals surface area contributed by atoms with Crippen LogP contribution in [0.4, 0.5) is 11.4 Å². The molecule has 0 radical (unpaired) electrons. The topological polar surface area (TPSA) is 73.6 Å². The van der Waals surface area contributed by atoms with Crippen molar-refractivity contribution in [1.82, 2.24) is 9.55 Å². The van der Waals surface area contributed by atoms with Crippen LogP contribution in [0, 0.1) is 4.77 Å². The van der Waals surface area contributed by atoms with Crippen molar-refractivity contribution in [3.05, 3.63) is 75.3 Å². The second-order valence-corrected chi connectivity index (χ2v) is 6.50. The van der Waals surface area contributed by atoms with Gasteiger partial charge in [0.15, 0.2) is 4.77 Å². The standard InChI is InChI=1S/C21H22N4O2S/c1-3-24(4-2)16-12-10-15(11-13-16)22-14-18-19(26)23-21(28)25(20(18)27)17-8-6-5-7-9-17/h5-14,27H,3-4H2,1-2H3,(H,23,26,28). The Morgan fingerprint density at radius 2 is 1.75 bits per heavy atom. The lowest BCUT2D eigenvalue weighted by Crippen LogP contribution is -2.21. The van der Waals surface area contributed by atoms with E-state index in [0.717, 1.165) is 18.8 Å². The number of H-pyrrole nitrogens is 1. The molecule has 144 valence electrons. The Bertz CT molecular complexity index is 1080. The molecule has 0 aliphatic heterocycles. The molecule has 6 nitrogen and oxygen atoms in total. The van der Waals surface area contributed by atoms with Gasteiger partial charge in [0.1, 0.15) is 5.56 Å². The molecule has 0 amide bonds. The Hall–Kier alpha value is -3.19. The maximum atomic E-state index is 12.3. The molecular formula is C21H22N4O2S. The van der Waals surface area contributed by atoms with E-state index >= 15 is 0 Å². The first-order valence-corrected chi connectivity index (χ1v) is 9.48. The summed E-state index contributed by atoms with van der Waals surface area (Å²) in [4.78, 5) is 21.5. The van der Waals surface area contributed by atoms with Gasteiger partial charge in [-0.2, -0.15) is 0 Å². The summed E-state index contributed by atoms with van der Waals surface area (Å²) in [6.07, 6.45) is 1.36. The van der Waals surface area contributed by atoms with E-state index in [4.69, 9.17) is 12.2 Å². The van der Waals surface area contributed by atoms with E-state index < -0.39 is 5.56 Å². The van der Waals surface area contributed by atoms with E-state index in [1.54, 1.807) is 12.1 Å². The van der Waals surface area contributed by atoms with Crippen molar-refractivity contribution >= 4 is 29.8 Å². The number of para-hydroxylation sites is 1. The van der Waals surface area contributed by atoms with Gasteiger partial charge in [0.2, 0.25) is 5.88 Å². The number of rotatable bonds is 6. The van der Waals surface area contributed by atoms with E-state index in [1.807, 2.05) is 42.5 Å². The molecule has 0 saturated heterocycles. The quantitative estimate of drug-likeness (QED) is 0.485. The first kappa shape index (κ1) is 19.6. The highest BCUT2D eigenvalue weighted by molar-refractivity contribution is 7.71. The van der Waals surface area contributed by atoms with Gasteiger partial charge >= 0.3 is 0 Å². The molecule has 0 unspecified atom stereocenters. The normalized spacial score (nSPS) is 11.1. The van der Waals surface area contributed by atoms with E-state index in [2.05, 4.69) is 28.7 Å².